The molecule has 0 spiro atoms. The molecule has 0 unspecified atom stereocenters. The van der Waals surface area contributed by atoms with E-state index in [0.29, 0.717) is 16.5 Å². The minimum Gasteiger partial charge on any atom is -0.415 e. The fraction of sp³-hybridized carbons (Fsp3) is 0.294. The van der Waals surface area contributed by atoms with Gasteiger partial charge in [-0.15, -0.1) is 10.2 Å². The van der Waals surface area contributed by atoms with Gasteiger partial charge >= 0.3 is 6.43 Å². The highest BCUT2D eigenvalue weighted by atomic mass is 35.5. The maximum Gasteiger partial charge on any atom is 0.314 e. The van der Waals surface area contributed by atoms with Gasteiger partial charge in [0.2, 0.25) is 5.95 Å². The lowest BCUT2D eigenvalue weighted by Gasteiger charge is -2.43. The highest BCUT2D eigenvalue weighted by molar-refractivity contribution is 6.31. The number of benzene rings is 1. The molecular weight excluding hydrogens is 383 g/mol. The molecule has 1 fully saturated rings. The van der Waals surface area contributed by atoms with Gasteiger partial charge in [-0.2, -0.15) is 8.78 Å². The van der Waals surface area contributed by atoms with Crippen LogP contribution in [0.3, 0.4) is 0 Å². The predicted octanol–water partition coefficient (Wildman–Crippen LogP) is 4.75. The molecule has 1 N–H and O–H groups in total. The maximum atomic E-state index is 13.3. The zero-order chi connectivity index (χ0) is 19.0. The minimum atomic E-state index is -2.84. The van der Waals surface area contributed by atoms with Crippen LogP contribution in [0.1, 0.15) is 37.1 Å². The van der Waals surface area contributed by atoms with Gasteiger partial charge in [-0.1, -0.05) is 17.7 Å². The van der Waals surface area contributed by atoms with Gasteiger partial charge in [0, 0.05) is 17.4 Å². The summed E-state index contributed by atoms with van der Waals surface area (Å²) in [6.07, 6.45) is 2.53. The fourth-order valence-electron chi connectivity index (χ4n) is 3.03. The summed E-state index contributed by atoms with van der Waals surface area (Å²) in [7, 11) is 0. The lowest BCUT2D eigenvalue weighted by Crippen LogP contribution is -2.42. The molecule has 0 amide bonds. The molecule has 0 atom stereocenters. The molecule has 2 heterocycles. The van der Waals surface area contributed by atoms with E-state index in [9.17, 15) is 13.2 Å². The molecular formula is C17H13ClF3N5O. The van der Waals surface area contributed by atoms with E-state index in [1.54, 1.807) is 6.07 Å². The van der Waals surface area contributed by atoms with Crippen LogP contribution in [0.4, 0.5) is 19.1 Å². The number of alkyl halides is 2. The van der Waals surface area contributed by atoms with E-state index in [-0.39, 0.29) is 5.89 Å². The summed E-state index contributed by atoms with van der Waals surface area (Å²) in [5.74, 6) is -0.919. The summed E-state index contributed by atoms with van der Waals surface area (Å²) in [6.45, 7) is 0. The van der Waals surface area contributed by atoms with Crippen LogP contribution in [0.25, 0.3) is 11.5 Å². The Kier molecular flexibility index (Phi) is 4.47. The SMILES string of the molecule is Fc1ccc(C2(Nc3ncc(-c4nnc(C(F)F)o4)cn3)CCC2)c(Cl)c1. The molecule has 0 radical (unpaired) electrons. The normalized spacial score (nSPS) is 15.6. The fourth-order valence-corrected chi connectivity index (χ4v) is 3.37. The van der Waals surface area contributed by atoms with E-state index in [4.69, 9.17) is 16.0 Å². The summed E-state index contributed by atoms with van der Waals surface area (Å²) in [5.41, 5.74) is 0.630. The molecule has 0 aliphatic heterocycles. The largest absolute Gasteiger partial charge is 0.415 e. The van der Waals surface area contributed by atoms with Crippen molar-refractivity contribution in [3.05, 3.63) is 52.9 Å². The monoisotopic (exact) mass is 395 g/mol. The van der Waals surface area contributed by atoms with Crippen molar-refractivity contribution in [2.75, 3.05) is 5.32 Å². The van der Waals surface area contributed by atoms with Gasteiger partial charge in [0.05, 0.1) is 11.1 Å². The Bertz CT molecular complexity index is 959. The third kappa shape index (κ3) is 3.34. The molecule has 0 saturated heterocycles. The first-order valence-electron chi connectivity index (χ1n) is 8.14. The van der Waals surface area contributed by atoms with E-state index in [1.807, 2.05) is 0 Å². The second kappa shape index (κ2) is 6.80. The summed E-state index contributed by atoms with van der Waals surface area (Å²) >= 11 is 6.22. The van der Waals surface area contributed by atoms with E-state index >= 15 is 0 Å². The molecule has 1 aliphatic carbocycles. The zero-order valence-corrected chi connectivity index (χ0v) is 14.6. The first-order chi connectivity index (χ1) is 13.0. The standard InChI is InChI=1S/C17H13ClF3N5O/c18-12-6-10(19)2-3-11(12)17(4-1-5-17)24-16-22-7-9(8-23-16)14-25-26-15(27-14)13(20)21/h2-3,6-8,13H,1,4-5H2,(H,22,23,24). The Morgan fingerprint density at radius 3 is 2.44 bits per heavy atom. The van der Waals surface area contributed by atoms with Crippen molar-refractivity contribution in [2.45, 2.75) is 31.2 Å². The van der Waals surface area contributed by atoms with Crippen molar-refractivity contribution in [3.63, 3.8) is 0 Å². The lowest BCUT2D eigenvalue weighted by molar-refractivity contribution is 0.116. The van der Waals surface area contributed by atoms with Crippen LogP contribution in [0, 0.1) is 5.82 Å². The first-order valence-corrected chi connectivity index (χ1v) is 8.52. The molecule has 1 aromatic carbocycles. The predicted molar refractivity (Wildman–Crippen MR) is 90.8 cm³/mol. The highest BCUT2D eigenvalue weighted by Gasteiger charge is 2.40. The van der Waals surface area contributed by atoms with Gasteiger partial charge < -0.3 is 9.73 Å². The van der Waals surface area contributed by atoms with E-state index in [0.717, 1.165) is 24.8 Å². The van der Waals surface area contributed by atoms with Gasteiger partial charge in [-0.25, -0.2) is 14.4 Å². The van der Waals surface area contributed by atoms with Crippen LogP contribution in [-0.2, 0) is 5.54 Å². The Morgan fingerprint density at radius 1 is 1.15 bits per heavy atom. The number of hydrogen-bond acceptors (Lipinski definition) is 6. The van der Waals surface area contributed by atoms with Crippen LogP contribution >= 0.6 is 11.6 Å². The summed E-state index contributed by atoms with van der Waals surface area (Å²) in [5, 5.41) is 10.4. The number of hydrogen-bond donors (Lipinski definition) is 1. The number of aromatic nitrogens is 4. The summed E-state index contributed by atoms with van der Waals surface area (Å²) in [6, 6.07) is 4.30. The molecule has 140 valence electrons. The molecule has 1 saturated carbocycles. The quantitative estimate of drug-likeness (QED) is 0.672. The Morgan fingerprint density at radius 2 is 1.89 bits per heavy atom. The van der Waals surface area contributed by atoms with Crippen molar-refractivity contribution < 1.29 is 17.6 Å². The summed E-state index contributed by atoms with van der Waals surface area (Å²) in [4.78, 5) is 8.39. The number of nitrogens with zero attached hydrogens (tertiary/aromatic N) is 4. The Balaban J connectivity index is 1.56. The van der Waals surface area contributed by atoms with E-state index < -0.39 is 23.7 Å². The lowest BCUT2D eigenvalue weighted by atomic mass is 9.72. The van der Waals surface area contributed by atoms with Crippen molar-refractivity contribution in [1.29, 1.82) is 0 Å². The molecule has 10 heteroatoms. The van der Waals surface area contributed by atoms with E-state index in [2.05, 4.69) is 25.5 Å². The third-order valence-electron chi connectivity index (χ3n) is 4.53. The van der Waals surface area contributed by atoms with Gasteiger partial charge in [0.1, 0.15) is 5.82 Å². The molecule has 6 nitrogen and oxygen atoms in total. The second-order valence-electron chi connectivity index (χ2n) is 6.23. The Hall–Kier alpha value is -2.68. The number of halogens is 4. The number of nitrogens with one attached hydrogen (secondary N) is 1. The van der Waals surface area contributed by atoms with Crippen LogP contribution in [-0.4, -0.2) is 20.2 Å². The highest BCUT2D eigenvalue weighted by Crippen LogP contribution is 2.46. The zero-order valence-electron chi connectivity index (χ0n) is 13.8. The van der Waals surface area contributed by atoms with Crippen molar-refractivity contribution in [3.8, 4) is 11.5 Å². The van der Waals surface area contributed by atoms with Crippen LogP contribution < -0.4 is 5.32 Å². The second-order valence-corrected chi connectivity index (χ2v) is 6.63. The average molecular weight is 396 g/mol. The molecule has 4 rings (SSSR count). The van der Waals surface area contributed by atoms with Crippen molar-refractivity contribution in [2.24, 2.45) is 0 Å². The number of rotatable bonds is 5. The molecule has 2 aromatic heterocycles. The summed E-state index contributed by atoms with van der Waals surface area (Å²) < 4.78 is 43.3. The minimum absolute atomic E-state index is 0.0863. The first kappa shape index (κ1) is 17.7. The number of anilines is 1. The van der Waals surface area contributed by atoms with Crippen molar-refractivity contribution >= 4 is 17.5 Å². The third-order valence-corrected chi connectivity index (χ3v) is 4.84. The Labute approximate surface area is 156 Å². The molecule has 27 heavy (non-hydrogen) atoms. The smallest absolute Gasteiger partial charge is 0.314 e. The van der Waals surface area contributed by atoms with Gasteiger partial charge in [-0.3, -0.25) is 0 Å². The average Bonchev–Trinajstić information content (AvgIpc) is 3.10. The van der Waals surface area contributed by atoms with Crippen molar-refractivity contribution in [1.82, 2.24) is 20.2 Å². The maximum absolute atomic E-state index is 13.3. The van der Waals surface area contributed by atoms with Gasteiger partial charge in [-0.05, 0) is 37.0 Å². The van der Waals surface area contributed by atoms with E-state index in [1.165, 1.54) is 24.5 Å². The van der Waals surface area contributed by atoms with Crippen LogP contribution in [0.2, 0.25) is 5.02 Å². The molecule has 1 aliphatic rings. The van der Waals surface area contributed by atoms with Crippen LogP contribution in [0.15, 0.2) is 35.0 Å². The van der Waals surface area contributed by atoms with Gasteiger partial charge in [0.25, 0.3) is 11.8 Å². The van der Waals surface area contributed by atoms with Crippen LogP contribution in [0.5, 0.6) is 0 Å². The molecule has 3 aromatic rings. The molecule has 0 bridgehead atoms. The van der Waals surface area contributed by atoms with Gasteiger partial charge in [0.15, 0.2) is 0 Å². The topological polar surface area (TPSA) is 76.7 Å².